The summed E-state index contributed by atoms with van der Waals surface area (Å²) in [5.74, 6) is -0.409. The van der Waals surface area contributed by atoms with Crippen LogP contribution in [-0.4, -0.2) is 30.7 Å². The molecule has 0 fully saturated rings. The summed E-state index contributed by atoms with van der Waals surface area (Å²) in [6, 6.07) is 5.59. The number of rotatable bonds is 8. The Morgan fingerprint density at radius 2 is 2.06 bits per heavy atom. The molecule has 0 aliphatic carbocycles. The molecule has 0 aromatic carbocycles. The van der Waals surface area contributed by atoms with Crippen molar-refractivity contribution in [3.05, 3.63) is 46.0 Å². The molecule has 1 amide bonds. The van der Waals surface area contributed by atoms with Crippen molar-refractivity contribution in [2.45, 2.75) is 51.6 Å². The Hall–Kier alpha value is -2.86. The summed E-state index contributed by atoms with van der Waals surface area (Å²) in [5.41, 5.74) is -1.09. The number of anilines is 1. The fraction of sp³-hybridized carbons (Fsp3) is 0.381. The summed E-state index contributed by atoms with van der Waals surface area (Å²) in [6.07, 6.45) is -0.624. The van der Waals surface area contributed by atoms with Crippen LogP contribution in [0.5, 0.6) is 0 Å². The molecule has 0 aliphatic rings. The lowest BCUT2D eigenvalue weighted by molar-refractivity contribution is -0.142. The summed E-state index contributed by atoms with van der Waals surface area (Å²) >= 11 is 2.55. The number of halogens is 3. The Kier molecular flexibility index (Phi) is 6.75. The fourth-order valence-corrected chi connectivity index (χ4v) is 5.04. The predicted molar refractivity (Wildman–Crippen MR) is 122 cm³/mol. The smallest absolute Gasteiger partial charge is 0.295 e. The number of fused-ring (bicyclic) bond motifs is 1. The summed E-state index contributed by atoms with van der Waals surface area (Å²) in [7, 11) is 0. The number of carbonyl (C=O) groups excluding carboxylic acids is 1. The van der Waals surface area contributed by atoms with Gasteiger partial charge in [0.05, 0.1) is 10.6 Å². The van der Waals surface area contributed by atoms with Gasteiger partial charge in [-0.3, -0.25) is 10.1 Å². The van der Waals surface area contributed by atoms with Gasteiger partial charge in [-0.1, -0.05) is 44.1 Å². The number of hydrogen-bond donors (Lipinski definition) is 1. The summed E-state index contributed by atoms with van der Waals surface area (Å²) < 4.78 is 41.7. The molecule has 1 atom stereocenters. The molecule has 4 heterocycles. The van der Waals surface area contributed by atoms with Crippen LogP contribution in [0.25, 0.3) is 16.2 Å². The molecule has 0 bridgehead atoms. The molecular weight excluding hydrogens is 473 g/mol. The van der Waals surface area contributed by atoms with E-state index in [2.05, 4.69) is 39.4 Å². The molecule has 12 heteroatoms. The van der Waals surface area contributed by atoms with E-state index in [4.69, 9.17) is 0 Å². The molecule has 4 rings (SSSR count). The second-order valence-electron chi connectivity index (χ2n) is 7.45. The van der Waals surface area contributed by atoms with E-state index in [1.807, 2.05) is 0 Å². The van der Waals surface area contributed by atoms with Gasteiger partial charge in [0.15, 0.2) is 17.0 Å². The van der Waals surface area contributed by atoms with E-state index in [1.165, 1.54) is 28.7 Å². The van der Waals surface area contributed by atoms with Crippen LogP contribution in [0.1, 0.15) is 66.6 Å². The van der Waals surface area contributed by atoms with Gasteiger partial charge in [-0.05, 0) is 30.4 Å². The molecule has 1 N–H and O–H groups in total. The second kappa shape index (κ2) is 9.56. The van der Waals surface area contributed by atoms with Gasteiger partial charge < -0.3 is 0 Å². The Labute approximate surface area is 195 Å². The van der Waals surface area contributed by atoms with Gasteiger partial charge in [0.2, 0.25) is 5.13 Å². The molecule has 4 aromatic heterocycles. The first-order valence-corrected chi connectivity index (χ1v) is 12.2. The molecular formula is C21H21F3N6OS2. The van der Waals surface area contributed by atoms with Crippen LogP contribution in [0.15, 0.2) is 29.6 Å². The number of carbonyl (C=O) groups is 1. The predicted octanol–water partition coefficient (Wildman–Crippen LogP) is 6.26. The molecule has 0 saturated heterocycles. The fourth-order valence-electron chi connectivity index (χ4n) is 3.40. The van der Waals surface area contributed by atoms with Crippen molar-refractivity contribution in [3.63, 3.8) is 0 Å². The Bertz CT molecular complexity index is 1250. The first kappa shape index (κ1) is 23.3. The number of amides is 1. The highest BCUT2D eigenvalue weighted by Gasteiger charge is 2.36. The average Bonchev–Trinajstić information content (AvgIpc) is 3.53. The SMILES string of the molecule is CCCC[C@@H](CC)c1nnc(NC(=O)c2cc3nc(-c4cccs4)cc(C(F)(F)F)n3n2)s1. The zero-order chi connectivity index (χ0) is 23.6. The number of alkyl halides is 3. The minimum absolute atomic E-state index is 0.0676. The van der Waals surface area contributed by atoms with E-state index < -0.39 is 17.8 Å². The maximum Gasteiger partial charge on any atom is 0.433 e. The van der Waals surface area contributed by atoms with Crippen LogP contribution in [0.2, 0.25) is 0 Å². The standard InChI is InChI=1S/C21H21F3N6OS2/c1-3-5-7-12(4-2)19-27-28-20(33-19)26-18(31)14-11-17-25-13(15-8-6-9-32-15)10-16(21(22,23)24)30(17)29-14/h6,8-12H,3-5,7H2,1-2H3,(H,26,28,31)/t12-/m1/s1. The van der Waals surface area contributed by atoms with Crippen LogP contribution < -0.4 is 5.32 Å². The van der Waals surface area contributed by atoms with Gasteiger partial charge in [0, 0.05) is 12.0 Å². The first-order valence-electron chi connectivity index (χ1n) is 10.5. The number of aromatic nitrogens is 5. The summed E-state index contributed by atoms with van der Waals surface area (Å²) in [5, 5.41) is 17.6. The quantitative estimate of drug-likeness (QED) is 0.312. The molecule has 0 aliphatic heterocycles. The number of nitrogens with one attached hydrogen (secondary N) is 1. The van der Waals surface area contributed by atoms with Crippen LogP contribution in [-0.2, 0) is 6.18 Å². The maximum atomic E-state index is 13.7. The summed E-state index contributed by atoms with van der Waals surface area (Å²) in [4.78, 5) is 17.6. The molecule has 4 aromatic rings. The topological polar surface area (TPSA) is 85.1 Å². The molecule has 0 spiro atoms. The number of nitrogens with zero attached hydrogens (tertiary/aromatic N) is 5. The van der Waals surface area contributed by atoms with Gasteiger partial charge in [0.25, 0.3) is 5.91 Å². The van der Waals surface area contributed by atoms with Crippen molar-refractivity contribution in [1.82, 2.24) is 24.8 Å². The number of thiophene rings is 1. The third-order valence-corrected chi connectivity index (χ3v) is 7.03. The van der Waals surface area contributed by atoms with Gasteiger partial charge in [-0.2, -0.15) is 18.3 Å². The molecule has 0 saturated carbocycles. The molecule has 0 unspecified atom stereocenters. The van der Waals surface area contributed by atoms with Crippen molar-refractivity contribution >= 4 is 39.4 Å². The van der Waals surface area contributed by atoms with Crippen molar-refractivity contribution < 1.29 is 18.0 Å². The third kappa shape index (κ3) is 5.06. The molecule has 0 radical (unpaired) electrons. The van der Waals surface area contributed by atoms with Crippen LogP contribution in [0.4, 0.5) is 18.3 Å². The lowest BCUT2D eigenvalue weighted by atomic mass is 10.0. The largest absolute Gasteiger partial charge is 0.433 e. The Morgan fingerprint density at radius 3 is 2.73 bits per heavy atom. The lowest BCUT2D eigenvalue weighted by Gasteiger charge is -2.10. The van der Waals surface area contributed by atoms with Gasteiger partial charge >= 0.3 is 6.18 Å². The molecule has 174 valence electrons. The highest BCUT2D eigenvalue weighted by Crippen LogP contribution is 2.34. The van der Waals surface area contributed by atoms with Crippen molar-refractivity contribution in [3.8, 4) is 10.6 Å². The van der Waals surface area contributed by atoms with Crippen molar-refractivity contribution in [1.29, 1.82) is 0 Å². The maximum absolute atomic E-state index is 13.7. The molecule has 7 nitrogen and oxygen atoms in total. The molecule has 33 heavy (non-hydrogen) atoms. The van der Waals surface area contributed by atoms with Crippen molar-refractivity contribution in [2.75, 3.05) is 5.32 Å². The van der Waals surface area contributed by atoms with Crippen LogP contribution in [0, 0.1) is 0 Å². The highest BCUT2D eigenvalue weighted by atomic mass is 32.1. The Morgan fingerprint density at radius 1 is 1.24 bits per heavy atom. The van der Waals surface area contributed by atoms with Gasteiger partial charge in [-0.15, -0.1) is 21.5 Å². The zero-order valence-electron chi connectivity index (χ0n) is 17.9. The number of unbranched alkanes of at least 4 members (excludes halogenated alkanes) is 1. The lowest BCUT2D eigenvalue weighted by Crippen LogP contribution is -2.15. The van der Waals surface area contributed by atoms with Crippen LogP contribution >= 0.6 is 22.7 Å². The number of hydrogen-bond acceptors (Lipinski definition) is 7. The monoisotopic (exact) mass is 494 g/mol. The second-order valence-corrected chi connectivity index (χ2v) is 9.41. The third-order valence-electron chi connectivity index (χ3n) is 5.13. The van der Waals surface area contributed by atoms with E-state index in [1.54, 1.807) is 17.5 Å². The van der Waals surface area contributed by atoms with Gasteiger partial charge in [0.1, 0.15) is 5.01 Å². The van der Waals surface area contributed by atoms with Crippen molar-refractivity contribution in [2.24, 2.45) is 0 Å². The van der Waals surface area contributed by atoms with Crippen LogP contribution in [0.3, 0.4) is 0 Å². The minimum Gasteiger partial charge on any atom is -0.295 e. The van der Waals surface area contributed by atoms with Gasteiger partial charge in [-0.25, -0.2) is 9.50 Å². The van der Waals surface area contributed by atoms with E-state index in [0.717, 1.165) is 36.8 Å². The zero-order valence-corrected chi connectivity index (χ0v) is 19.5. The van der Waals surface area contributed by atoms with E-state index in [0.29, 0.717) is 9.39 Å². The average molecular weight is 495 g/mol. The minimum atomic E-state index is -4.67. The Balaban J connectivity index is 1.62. The highest BCUT2D eigenvalue weighted by molar-refractivity contribution is 7.15. The first-order chi connectivity index (χ1) is 15.8. The van der Waals surface area contributed by atoms with E-state index >= 15 is 0 Å². The van der Waals surface area contributed by atoms with E-state index in [-0.39, 0.29) is 28.1 Å². The summed E-state index contributed by atoms with van der Waals surface area (Å²) in [6.45, 7) is 4.20. The van der Waals surface area contributed by atoms with E-state index in [9.17, 15) is 18.0 Å². The normalized spacial score (nSPS) is 12.9.